The molecule has 0 aliphatic heterocycles. The van der Waals surface area contributed by atoms with Gasteiger partial charge >= 0.3 is 11.9 Å². The van der Waals surface area contributed by atoms with Gasteiger partial charge in [0.1, 0.15) is 0 Å². The van der Waals surface area contributed by atoms with Crippen molar-refractivity contribution in [3.8, 4) is 33.4 Å². The van der Waals surface area contributed by atoms with E-state index in [9.17, 15) is 19.8 Å². The zero-order valence-electron chi connectivity index (χ0n) is 30.0. The smallest absolute Gasteiger partial charge is 0.303 e. The molecule has 0 radical (unpaired) electrons. The van der Waals surface area contributed by atoms with Gasteiger partial charge in [0.2, 0.25) is 0 Å². The molecule has 0 saturated carbocycles. The zero-order chi connectivity index (χ0) is 36.6. The Balaban J connectivity index is 1.58. The first-order valence-corrected chi connectivity index (χ1v) is 18.9. The Kier molecular flexibility index (Phi) is 11.0. The molecular formula is C49H46O4. The summed E-state index contributed by atoms with van der Waals surface area (Å²) in [5.74, 6) is -1.55. The first-order chi connectivity index (χ1) is 26.0. The number of benzene rings is 6. The quantitative estimate of drug-likeness (QED) is 0.105. The molecule has 0 spiro atoms. The molecule has 0 amide bonds. The Hall–Kier alpha value is -5.74. The van der Waals surface area contributed by atoms with Crippen LogP contribution in [0.5, 0.6) is 0 Å². The monoisotopic (exact) mass is 698 g/mol. The maximum atomic E-state index is 12.1. The standard InChI is InChI=1S/C49H46O4/c50-45(51)31-13-25-39(33-35-17-5-1-6-18-35)49(40(26-14-32-46(52)53)34-36-19-7-2-8-20-36)43-29-15-27-41(37-21-9-3-10-22-37)47(43)48-42(28-16-30-44(48)49)38-23-11-4-12-24-38/h1-12,15-24,27-30,39-40H,13-14,25-26,31-34H2,(H,50,51)(H,52,53). The van der Waals surface area contributed by atoms with E-state index in [4.69, 9.17) is 0 Å². The van der Waals surface area contributed by atoms with Crippen molar-refractivity contribution in [2.75, 3.05) is 0 Å². The lowest BCUT2D eigenvalue weighted by molar-refractivity contribution is -0.138. The summed E-state index contributed by atoms with van der Waals surface area (Å²) in [7, 11) is 0. The van der Waals surface area contributed by atoms with Crippen LogP contribution in [-0.2, 0) is 27.8 Å². The summed E-state index contributed by atoms with van der Waals surface area (Å²) >= 11 is 0. The van der Waals surface area contributed by atoms with E-state index in [0.29, 0.717) is 25.7 Å². The van der Waals surface area contributed by atoms with Gasteiger partial charge in [0.25, 0.3) is 0 Å². The Morgan fingerprint density at radius 2 is 0.811 bits per heavy atom. The highest BCUT2D eigenvalue weighted by atomic mass is 16.4. The minimum atomic E-state index is -0.787. The van der Waals surface area contributed by atoms with Crippen LogP contribution in [0, 0.1) is 11.8 Å². The molecule has 4 nitrogen and oxygen atoms in total. The molecule has 0 heterocycles. The summed E-state index contributed by atoms with van der Waals surface area (Å²) in [6, 6.07) is 55.9. The zero-order valence-corrected chi connectivity index (χ0v) is 30.0. The third-order valence-electron chi connectivity index (χ3n) is 11.3. The molecule has 53 heavy (non-hydrogen) atoms. The molecule has 0 saturated heterocycles. The number of carboxylic acids is 2. The highest BCUT2D eigenvalue weighted by Gasteiger charge is 2.54. The van der Waals surface area contributed by atoms with Crippen molar-refractivity contribution in [1.82, 2.24) is 0 Å². The second-order valence-electron chi connectivity index (χ2n) is 14.4. The molecule has 266 valence electrons. The number of hydrogen-bond acceptors (Lipinski definition) is 2. The van der Waals surface area contributed by atoms with Gasteiger partial charge in [-0.05, 0) is 106 Å². The second-order valence-corrected chi connectivity index (χ2v) is 14.4. The van der Waals surface area contributed by atoms with Gasteiger partial charge in [-0.2, -0.15) is 0 Å². The number of carbonyl (C=O) groups is 2. The SMILES string of the molecule is O=C(O)CCCC(Cc1ccccc1)C1(C(CCCC(=O)O)Cc2ccccc2)c2cccc(-c3ccccc3)c2-c2c(-c3ccccc3)cccc21. The van der Waals surface area contributed by atoms with Crippen molar-refractivity contribution < 1.29 is 19.8 Å². The molecule has 2 N–H and O–H groups in total. The van der Waals surface area contributed by atoms with Crippen LogP contribution in [0.3, 0.4) is 0 Å². The van der Waals surface area contributed by atoms with Crippen LogP contribution in [0.4, 0.5) is 0 Å². The van der Waals surface area contributed by atoms with Gasteiger partial charge in [-0.25, -0.2) is 0 Å². The average molecular weight is 699 g/mol. The molecular weight excluding hydrogens is 653 g/mol. The van der Waals surface area contributed by atoms with E-state index in [1.807, 2.05) is 12.1 Å². The number of carboxylic acid groups (broad SMARTS) is 2. The fourth-order valence-electron chi connectivity index (χ4n) is 9.19. The third-order valence-corrected chi connectivity index (χ3v) is 11.3. The van der Waals surface area contributed by atoms with Crippen molar-refractivity contribution in [2.45, 2.75) is 56.8 Å². The lowest BCUT2D eigenvalue weighted by Gasteiger charge is -2.47. The fraction of sp³-hybridized carbons (Fsp3) is 0.224. The van der Waals surface area contributed by atoms with E-state index < -0.39 is 17.4 Å². The molecule has 2 atom stereocenters. The van der Waals surface area contributed by atoms with Crippen molar-refractivity contribution in [1.29, 1.82) is 0 Å². The van der Waals surface area contributed by atoms with E-state index in [2.05, 4.69) is 146 Å². The predicted octanol–water partition coefficient (Wildman–Crippen LogP) is 11.5. The maximum Gasteiger partial charge on any atom is 0.303 e. The molecule has 1 aliphatic carbocycles. The van der Waals surface area contributed by atoms with Crippen molar-refractivity contribution in [3.05, 3.63) is 180 Å². The van der Waals surface area contributed by atoms with Gasteiger partial charge in [0.15, 0.2) is 0 Å². The third kappa shape index (κ3) is 7.45. The molecule has 0 bridgehead atoms. The molecule has 0 fully saturated rings. The van der Waals surface area contributed by atoms with Crippen LogP contribution in [0.15, 0.2) is 158 Å². The molecule has 0 aromatic heterocycles. The van der Waals surface area contributed by atoms with Crippen LogP contribution >= 0.6 is 0 Å². The summed E-state index contributed by atoms with van der Waals surface area (Å²) in [6.45, 7) is 0. The predicted molar refractivity (Wildman–Crippen MR) is 214 cm³/mol. The van der Waals surface area contributed by atoms with Gasteiger partial charge in [-0.1, -0.05) is 158 Å². The lowest BCUT2D eigenvalue weighted by Crippen LogP contribution is -2.44. The first-order valence-electron chi connectivity index (χ1n) is 18.9. The van der Waals surface area contributed by atoms with E-state index in [1.165, 1.54) is 44.5 Å². The Labute approximate surface area is 312 Å². The molecule has 4 heteroatoms. The van der Waals surface area contributed by atoms with Crippen LogP contribution in [0.2, 0.25) is 0 Å². The second kappa shape index (κ2) is 16.3. The van der Waals surface area contributed by atoms with Gasteiger partial charge < -0.3 is 10.2 Å². The van der Waals surface area contributed by atoms with Gasteiger partial charge in [-0.15, -0.1) is 0 Å². The molecule has 1 aliphatic rings. The Morgan fingerprint density at radius 3 is 1.17 bits per heavy atom. The Morgan fingerprint density at radius 1 is 0.453 bits per heavy atom. The van der Waals surface area contributed by atoms with E-state index >= 15 is 0 Å². The van der Waals surface area contributed by atoms with Crippen LogP contribution in [0.1, 0.15) is 60.8 Å². The Bertz CT molecular complexity index is 1990. The van der Waals surface area contributed by atoms with Crippen LogP contribution < -0.4 is 0 Å². The van der Waals surface area contributed by atoms with Crippen molar-refractivity contribution in [2.24, 2.45) is 11.8 Å². The van der Waals surface area contributed by atoms with Crippen LogP contribution in [-0.4, -0.2) is 22.2 Å². The molecule has 2 unspecified atom stereocenters. The molecule has 6 aromatic carbocycles. The largest absolute Gasteiger partial charge is 0.481 e. The highest BCUT2D eigenvalue weighted by Crippen LogP contribution is 2.63. The summed E-state index contributed by atoms with van der Waals surface area (Å²) < 4.78 is 0. The minimum absolute atomic E-state index is 0.0137. The van der Waals surface area contributed by atoms with E-state index in [1.54, 1.807) is 0 Å². The number of hydrogen-bond donors (Lipinski definition) is 2. The molecule has 6 aromatic rings. The normalized spacial score (nSPS) is 13.8. The maximum absolute atomic E-state index is 12.1. The number of fused-ring (bicyclic) bond motifs is 3. The van der Waals surface area contributed by atoms with Gasteiger partial charge in [-0.3, -0.25) is 9.59 Å². The highest BCUT2D eigenvalue weighted by molar-refractivity contribution is 5.99. The lowest BCUT2D eigenvalue weighted by atomic mass is 9.56. The first kappa shape index (κ1) is 35.7. The van der Waals surface area contributed by atoms with Crippen molar-refractivity contribution in [3.63, 3.8) is 0 Å². The minimum Gasteiger partial charge on any atom is -0.481 e. The fourth-order valence-corrected chi connectivity index (χ4v) is 9.19. The summed E-state index contributed by atoms with van der Waals surface area (Å²) in [4.78, 5) is 24.1. The summed E-state index contributed by atoms with van der Waals surface area (Å²) in [5, 5.41) is 19.8. The summed E-state index contributed by atoms with van der Waals surface area (Å²) in [6.07, 6.45) is 4.20. The van der Waals surface area contributed by atoms with Crippen LogP contribution in [0.25, 0.3) is 33.4 Å². The number of rotatable bonds is 16. The van der Waals surface area contributed by atoms with Crippen molar-refractivity contribution >= 4 is 11.9 Å². The van der Waals surface area contributed by atoms with Gasteiger partial charge in [0.05, 0.1) is 0 Å². The average Bonchev–Trinajstić information content (AvgIpc) is 3.50. The van der Waals surface area contributed by atoms with E-state index in [0.717, 1.165) is 24.0 Å². The number of aliphatic carboxylic acids is 2. The molecule has 7 rings (SSSR count). The topological polar surface area (TPSA) is 74.6 Å². The van der Waals surface area contributed by atoms with E-state index in [-0.39, 0.29) is 24.7 Å². The summed E-state index contributed by atoms with van der Waals surface area (Å²) in [5.41, 5.74) is 11.4. The van der Waals surface area contributed by atoms with Gasteiger partial charge in [0, 0.05) is 18.3 Å².